The summed E-state index contributed by atoms with van der Waals surface area (Å²) in [5.74, 6) is -0.0779. The quantitative estimate of drug-likeness (QED) is 0.142. The third kappa shape index (κ3) is 9.69. The molecule has 33 heavy (non-hydrogen) atoms. The van der Waals surface area contributed by atoms with Crippen molar-refractivity contribution in [2.75, 3.05) is 0 Å². The van der Waals surface area contributed by atoms with Crippen LogP contribution in [0.1, 0.15) is 106 Å². The highest BCUT2D eigenvalue weighted by atomic mass is 28.4. The van der Waals surface area contributed by atoms with Gasteiger partial charge in [0.25, 0.3) is 0 Å². The fourth-order valence-corrected chi connectivity index (χ4v) is 6.28. The largest absolute Gasteiger partial charge is 0.481 e. The summed E-state index contributed by atoms with van der Waals surface area (Å²) in [6.07, 6.45) is 14.9. The van der Waals surface area contributed by atoms with Gasteiger partial charge in [0, 0.05) is 12.3 Å². The number of hydrogen-bond donors (Lipinski definition) is 2. The van der Waals surface area contributed by atoms with Gasteiger partial charge in [0.2, 0.25) is 0 Å². The van der Waals surface area contributed by atoms with Crippen molar-refractivity contribution in [2.45, 2.75) is 136 Å². The molecule has 0 radical (unpaired) electrons. The number of unbranched alkanes of at least 4 members (excludes halogenated alkanes) is 2. The van der Waals surface area contributed by atoms with E-state index in [4.69, 9.17) is 9.53 Å². The molecule has 2 N–H and O–H groups in total. The summed E-state index contributed by atoms with van der Waals surface area (Å²) in [6.45, 7) is 18.6. The van der Waals surface area contributed by atoms with E-state index in [1.54, 1.807) is 0 Å². The summed E-state index contributed by atoms with van der Waals surface area (Å²) in [5, 5.41) is 19.5. The average molecular weight is 481 g/mol. The summed E-state index contributed by atoms with van der Waals surface area (Å²) in [7, 11) is -1.91. The molecule has 5 heteroatoms. The highest BCUT2D eigenvalue weighted by Crippen LogP contribution is 2.44. The number of carboxylic acids is 1. The molecule has 0 bridgehead atoms. The predicted octanol–water partition coefficient (Wildman–Crippen LogP) is 7.88. The van der Waals surface area contributed by atoms with Crippen LogP contribution in [0.2, 0.25) is 18.1 Å². The van der Waals surface area contributed by atoms with Crippen molar-refractivity contribution in [3.8, 4) is 0 Å². The first kappa shape index (κ1) is 30.1. The second kappa shape index (κ2) is 13.2. The normalized spacial score (nSPS) is 22.4. The molecule has 0 aromatic heterocycles. The third-order valence-corrected chi connectivity index (χ3v) is 12.7. The van der Waals surface area contributed by atoms with Crippen molar-refractivity contribution < 1.29 is 19.4 Å². The highest BCUT2D eigenvalue weighted by molar-refractivity contribution is 6.74. The molecule has 1 aliphatic rings. The van der Waals surface area contributed by atoms with Gasteiger partial charge in [-0.05, 0) is 75.9 Å². The van der Waals surface area contributed by atoms with Gasteiger partial charge in [0.15, 0.2) is 8.32 Å². The fourth-order valence-electron chi connectivity index (χ4n) is 4.50. The molecule has 2 unspecified atom stereocenters. The molecular weight excluding hydrogens is 428 g/mol. The Labute approximate surface area is 205 Å². The van der Waals surface area contributed by atoms with E-state index in [1.165, 1.54) is 24.8 Å². The molecule has 0 aromatic rings. The second-order valence-electron chi connectivity index (χ2n) is 11.9. The molecule has 0 saturated heterocycles. The minimum atomic E-state index is -1.91. The summed E-state index contributed by atoms with van der Waals surface area (Å²) in [4.78, 5) is 10.7. The Bertz CT molecular complexity index is 661. The number of carbonyl (C=O) groups is 1. The van der Waals surface area contributed by atoms with E-state index < -0.39 is 14.3 Å². The SMILES string of the molecule is CCCCC(C)C(C)(CCC1=CC[C@H](O)[C@@H]1C/C=C\CCCC(=O)O)O[Si](C)(C)C(C)(C)C. The maximum Gasteiger partial charge on any atom is 0.303 e. The van der Waals surface area contributed by atoms with Crippen LogP contribution in [-0.4, -0.2) is 36.2 Å². The third-order valence-electron chi connectivity index (χ3n) is 8.12. The van der Waals surface area contributed by atoms with Gasteiger partial charge in [-0.15, -0.1) is 0 Å². The van der Waals surface area contributed by atoms with Gasteiger partial charge >= 0.3 is 5.97 Å². The molecule has 1 aliphatic carbocycles. The lowest BCUT2D eigenvalue weighted by Gasteiger charge is -2.47. The molecule has 0 fully saturated rings. The van der Waals surface area contributed by atoms with Gasteiger partial charge in [-0.25, -0.2) is 0 Å². The first-order chi connectivity index (χ1) is 15.2. The zero-order valence-electron chi connectivity index (χ0n) is 22.7. The number of carboxylic acid groups (broad SMARTS) is 1. The molecule has 0 aromatic carbocycles. The van der Waals surface area contributed by atoms with E-state index >= 15 is 0 Å². The smallest absolute Gasteiger partial charge is 0.303 e. The van der Waals surface area contributed by atoms with Gasteiger partial charge in [-0.3, -0.25) is 4.79 Å². The molecule has 0 saturated carbocycles. The van der Waals surface area contributed by atoms with E-state index in [0.29, 0.717) is 12.3 Å². The lowest BCUT2D eigenvalue weighted by molar-refractivity contribution is -0.137. The number of hydrogen-bond acceptors (Lipinski definition) is 3. The monoisotopic (exact) mass is 480 g/mol. The summed E-state index contributed by atoms with van der Waals surface area (Å²) in [5.41, 5.74) is 1.20. The number of allylic oxidation sites excluding steroid dienone is 2. The first-order valence-corrected chi connectivity index (χ1v) is 16.1. The lowest BCUT2D eigenvalue weighted by Crippen LogP contribution is -2.51. The van der Waals surface area contributed by atoms with Crippen LogP contribution in [0.15, 0.2) is 23.8 Å². The van der Waals surface area contributed by atoms with Crippen molar-refractivity contribution in [1.29, 1.82) is 0 Å². The Balaban J connectivity index is 2.84. The topological polar surface area (TPSA) is 66.8 Å². The van der Waals surface area contributed by atoms with Crippen LogP contribution in [0.3, 0.4) is 0 Å². The number of rotatable bonds is 15. The van der Waals surface area contributed by atoms with Crippen molar-refractivity contribution in [3.63, 3.8) is 0 Å². The van der Waals surface area contributed by atoms with Crippen LogP contribution in [0.4, 0.5) is 0 Å². The molecule has 4 nitrogen and oxygen atoms in total. The molecule has 1 rings (SSSR count). The molecule has 0 aliphatic heterocycles. The van der Waals surface area contributed by atoms with E-state index in [2.05, 4.69) is 72.9 Å². The number of aliphatic hydroxyl groups excluding tert-OH is 1. The van der Waals surface area contributed by atoms with Crippen molar-refractivity contribution in [2.24, 2.45) is 11.8 Å². The maximum absolute atomic E-state index is 10.7. The Hall–Kier alpha value is -0.913. The molecule has 0 heterocycles. The standard InChI is InChI=1S/C28H52O4Si/c1-9-10-15-22(2)28(6,32-33(7,8)27(3,4)5)21-20-23-18-19-25(29)24(23)16-13-11-12-14-17-26(30)31/h11,13,18,22,24-25,29H,9-10,12,14-17,19-21H2,1-8H3,(H,30,31)/b13-11-/t22?,24-,25+,28?/m1/s1. The molecule has 0 spiro atoms. The molecule has 0 amide bonds. The zero-order chi connectivity index (χ0) is 25.3. The Kier molecular flexibility index (Phi) is 12.1. The van der Waals surface area contributed by atoms with E-state index in [-0.39, 0.29) is 29.1 Å². The molecule has 192 valence electrons. The van der Waals surface area contributed by atoms with Crippen LogP contribution in [-0.2, 0) is 9.22 Å². The predicted molar refractivity (Wildman–Crippen MR) is 142 cm³/mol. The van der Waals surface area contributed by atoms with Crippen LogP contribution < -0.4 is 0 Å². The second-order valence-corrected chi connectivity index (χ2v) is 16.6. The van der Waals surface area contributed by atoms with Crippen LogP contribution in [0, 0.1) is 11.8 Å². The average Bonchev–Trinajstić information content (AvgIpc) is 3.05. The van der Waals surface area contributed by atoms with Gasteiger partial charge in [0.05, 0.1) is 11.7 Å². The first-order valence-electron chi connectivity index (χ1n) is 13.2. The van der Waals surface area contributed by atoms with E-state index in [1.807, 2.05) is 0 Å². The van der Waals surface area contributed by atoms with Gasteiger partial charge in [-0.2, -0.15) is 0 Å². The highest BCUT2D eigenvalue weighted by Gasteiger charge is 2.45. The lowest BCUT2D eigenvalue weighted by atomic mass is 9.81. The minimum Gasteiger partial charge on any atom is -0.481 e. The Morgan fingerprint density at radius 2 is 1.91 bits per heavy atom. The van der Waals surface area contributed by atoms with Crippen LogP contribution in [0.5, 0.6) is 0 Å². The summed E-state index contributed by atoms with van der Waals surface area (Å²) >= 11 is 0. The van der Waals surface area contributed by atoms with Crippen LogP contribution in [0.25, 0.3) is 0 Å². The van der Waals surface area contributed by atoms with Gasteiger partial charge < -0.3 is 14.6 Å². The van der Waals surface area contributed by atoms with Crippen molar-refractivity contribution in [3.05, 3.63) is 23.8 Å². The Morgan fingerprint density at radius 3 is 2.48 bits per heavy atom. The van der Waals surface area contributed by atoms with Crippen molar-refractivity contribution in [1.82, 2.24) is 0 Å². The minimum absolute atomic E-state index is 0.163. The molecule has 4 atom stereocenters. The summed E-state index contributed by atoms with van der Waals surface area (Å²) in [6, 6.07) is 0. The van der Waals surface area contributed by atoms with Crippen LogP contribution >= 0.6 is 0 Å². The van der Waals surface area contributed by atoms with Gasteiger partial charge in [-0.1, -0.05) is 71.3 Å². The number of aliphatic hydroxyl groups is 1. The van der Waals surface area contributed by atoms with E-state index in [9.17, 15) is 9.90 Å². The van der Waals surface area contributed by atoms with Gasteiger partial charge in [0.1, 0.15) is 0 Å². The van der Waals surface area contributed by atoms with Crippen molar-refractivity contribution >= 4 is 14.3 Å². The zero-order valence-corrected chi connectivity index (χ0v) is 23.7. The van der Waals surface area contributed by atoms with E-state index in [0.717, 1.165) is 32.1 Å². The Morgan fingerprint density at radius 1 is 1.24 bits per heavy atom. The number of aliphatic carboxylic acids is 1. The summed E-state index contributed by atoms with van der Waals surface area (Å²) < 4.78 is 7.10. The molecular formula is C28H52O4Si. The fraction of sp³-hybridized carbons (Fsp3) is 0.821. The maximum atomic E-state index is 10.7.